The molecule has 3 nitrogen and oxygen atoms in total. The van der Waals surface area contributed by atoms with Crippen molar-refractivity contribution >= 4 is 5.69 Å². The number of benzene rings is 1. The van der Waals surface area contributed by atoms with Crippen LogP contribution in [0.15, 0.2) is 18.2 Å². The maximum absolute atomic E-state index is 10.0. The van der Waals surface area contributed by atoms with Gasteiger partial charge in [-0.2, -0.15) is 0 Å². The largest absolute Gasteiger partial charge is 0.389 e. The summed E-state index contributed by atoms with van der Waals surface area (Å²) in [5.74, 6) is 0.834. The van der Waals surface area contributed by atoms with E-state index in [2.05, 4.69) is 44.3 Å². The molecule has 0 heterocycles. The van der Waals surface area contributed by atoms with Crippen molar-refractivity contribution in [3.63, 3.8) is 0 Å². The van der Waals surface area contributed by atoms with Crippen LogP contribution in [0.3, 0.4) is 0 Å². The first-order chi connectivity index (χ1) is 10.0. The molecule has 1 atom stereocenters. The first-order valence-corrected chi connectivity index (χ1v) is 8.15. The molecule has 0 aromatic heterocycles. The van der Waals surface area contributed by atoms with E-state index in [9.17, 15) is 5.11 Å². The number of rotatable bonds is 6. The number of aliphatic hydroxyl groups excluding tert-OH is 1. The van der Waals surface area contributed by atoms with Gasteiger partial charge in [-0.3, -0.25) is 0 Å². The molecule has 1 aromatic carbocycles. The second-order valence-electron chi connectivity index (χ2n) is 6.63. The van der Waals surface area contributed by atoms with Gasteiger partial charge in [0.1, 0.15) is 0 Å². The quantitative estimate of drug-likeness (QED) is 0.840. The summed E-state index contributed by atoms with van der Waals surface area (Å²) in [5, 5.41) is 13.3. The van der Waals surface area contributed by atoms with E-state index >= 15 is 0 Å². The molecule has 0 saturated heterocycles. The molecule has 0 spiro atoms. The van der Waals surface area contributed by atoms with E-state index in [1.807, 2.05) is 0 Å². The fourth-order valence-electron chi connectivity index (χ4n) is 3.01. The second-order valence-corrected chi connectivity index (χ2v) is 6.63. The van der Waals surface area contributed by atoms with Crippen molar-refractivity contribution in [1.82, 2.24) is 0 Å². The highest BCUT2D eigenvalue weighted by molar-refractivity contribution is 5.48. The van der Waals surface area contributed by atoms with E-state index < -0.39 is 6.10 Å². The Bertz CT molecular complexity index is 419. The van der Waals surface area contributed by atoms with Crippen LogP contribution in [0.4, 0.5) is 5.69 Å². The van der Waals surface area contributed by atoms with Gasteiger partial charge in [-0.05, 0) is 68.7 Å². The van der Waals surface area contributed by atoms with Gasteiger partial charge in [0.25, 0.3) is 0 Å². The summed E-state index contributed by atoms with van der Waals surface area (Å²) in [6, 6.07) is 6.35. The van der Waals surface area contributed by atoms with Crippen LogP contribution in [0.25, 0.3) is 0 Å². The third-order valence-electron chi connectivity index (χ3n) is 4.25. The van der Waals surface area contributed by atoms with Crippen molar-refractivity contribution in [2.24, 2.45) is 5.92 Å². The molecule has 118 valence electrons. The average molecular weight is 291 g/mol. The van der Waals surface area contributed by atoms with E-state index in [1.54, 1.807) is 0 Å². The Morgan fingerprint density at radius 1 is 1.14 bits per heavy atom. The normalized spacial score (nSPS) is 23.8. The van der Waals surface area contributed by atoms with Gasteiger partial charge in [-0.15, -0.1) is 0 Å². The molecular formula is C18H29NO2. The molecule has 1 fully saturated rings. The van der Waals surface area contributed by atoms with E-state index in [4.69, 9.17) is 4.74 Å². The SMILES string of the molecule is Cc1cc(C)cc(NCC(O)COC2CCC(C)CC2)c1. The summed E-state index contributed by atoms with van der Waals surface area (Å²) in [6.45, 7) is 7.44. The lowest BCUT2D eigenvalue weighted by Crippen LogP contribution is -2.29. The molecule has 0 aliphatic heterocycles. The first-order valence-electron chi connectivity index (χ1n) is 8.15. The van der Waals surface area contributed by atoms with Crippen molar-refractivity contribution in [2.45, 2.75) is 58.7 Å². The van der Waals surface area contributed by atoms with Crippen molar-refractivity contribution in [1.29, 1.82) is 0 Å². The topological polar surface area (TPSA) is 41.5 Å². The maximum Gasteiger partial charge on any atom is 0.0945 e. The lowest BCUT2D eigenvalue weighted by Gasteiger charge is -2.27. The van der Waals surface area contributed by atoms with Gasteiger partial charge in [0.05, 0.1) is 18.8 Å². The number of aliphatic hydroxyl groups is 1. The van der Waals surface area contributed by atoms with Crippen LogP contribution < -0.4 is 5.32 Å². The highest BCUT2D eigenvalue weighted by atomic mass is 16.5. The Morgan fingerprint density at radius 3 is 2.38 bits per heavy atom. The molecule has 0 amide bonds. The van der Waals surface area contributed by atoms with E-state index in [0.29, 0.717) is 19.3 Å². The summed E-state index contributed by atoms with van der Waals surface area (Å²) < 4.78 is 5.84. The molecule has 1 aliphatic carbocycles. The van der Waals surface area contributed by atoms with Crippen LogP contribution in [0.5, 0.6) is 0 Å². The molecule has 1 aromatic rings. The maximum atomic E-state index is 10.0. The minimum absolute atomic E-state index is 0.345. The number of hydrogen-bond acceptors (Lipinski definition) is 3. The highest BCUT2D eigenvalue weighted by Crippen LogP contribution is 2.25. The molecule has 1 aliphatic rings. The van der Waals surface area contributed by atoms with Gasteiger partial charge in [0.15, 0.2) is 0 Å². The number of ether oxygens (including phenoxy) is 1. The van der Waals surface area contributed by atoms with Gasteiger partial charge < -0.3 is 15.2 Å². The van der Waals surface area contributed by atoms with Gasteiger partial charge in [-0.25, -0.2) is 0 Å². The number of aryl methyl sites for hydroxylation is 2. The summed E-state index contributed by atoms with van der Waals surface area (Å²) in [6.07, 6.45) is 4.67. The van der Waals surface area contributed by atoms with Crippen LogP contribution in [0.2, 0.25) is 0 Å². The van der Waals surface area contributed by atoms with Crippen LogP contribution in [0.1, 0.15) is 43.7 Å². The molecular weight excluding hydrogens is 262 g/mol. The minimum atomic E-state index is -0.454. The average Bonchev–Trinajstić information content (AvgIpc) is 2.43. The van der Waals surface area contributed by atoms with Crippen molar-refractivity contribution < 1.29 is 9.84 Å². The molecule has 2 N–H and O–H groups in total. The third kappa shape index (κ3) is 5.68. The Morgan fingerprint density at radius 2 is 1.76 bits per heavy atom. The van der Waals surface area contributed by atoms with E-state index in [1.165, 1.54) is 24.0 Å². The van der Waals surface area contributed by atoms with Gasteiger partial charge in [0, 0.05) is 12.2 Å². The minimum Gasteiger partial charge on any atom is -0.389 e. The lowest BCUT2D eigenvalue weighted by atomic mass is 9.89. The predicted octanol–water partition coefficient (Wildman–Crippen LogP) is 3.67. The Labute approximate surface area is 128 Å². The molecule has 21 heavy (non-hydrogen) atoms. The molecule has 2 rings (SSSR count). The van der Waals surface area contributed by atoms with Crippen LogP contribution in [0, 0.1) is 19.8 Å². The standard InChI is InChI=1S/C18H29NO2/c1-13-4-6-18(7-5-13)21-12-17(20)11-19-16-9-14(2)8-15(3)10-16/h8-10,13,17-20H,4-7,11-12H2,1-3H3. The number of nitrogens with one attached hydrogen (secondary N) is 1. The zero-order valence-corrected chi connectivity index (χ0v) is 13.6. The van der Waals surface area contributed by atoms with Gasteiger partial charge >= 0.3 is 0 Å². The molecule has 3 heteroatoms. The zero-order valence-electron chi connectivity index (χ0n) is 13.6. The zero-order chi connectivity index (χ0) is 15.2. The number of anilines is 1. The fourth-order valence-corrected chi connectivity index (χ4v) is 3.01. The Kier molecular flexibility index (Phi) is 6.07. The van der Waals surface area contributed by atoms with E-state index in [0.717, 1.165) is 24.4 Å². The third-order valence-corrected chi connectivity index (χ3v) is 4.25. The lowest BCUT2D eigenvalue weighted by molar-refractivity contribution is -0.0245. The first kappa shape index (κ1) is 16.3. The van der Waals surface area contributed by atoms with Crippen LogP contribution in [-0.2, 0) is 4.74 Å². The summed E-state index contributed by atoms with van der Waals surface area (Å²) in [4.78, 5) is 0. The smallest absolute Gasteiger partial charge is 0.0945 e. The van der Waals surface area contributed by atoms with Crippen LogP contribution in [-0.4, -0.2) is 30.5 Å². The van der Waals surface area contributed by atoms with Gasteiger partial charge in [0.2, 0.25) is 0 Å². The van der Waals surface area contributed by atoms with Crippen molar-refractivity contribution in [3.05, 3.63) is 29.3 Å². The predicted molar refractivity (Wildman–Crippen MR) is 87.8 cm³/mol. The molecule has 1 saturated carbocycles. The van der Waals surface area contributed by atoms with Gasteiger partial charge in [-0.1, -0.05) is 13.0 Å². The monoisotopic (exact) mass is 291 g/mol. The van der Waals surface area contributed by atoms with Crippen LogP contribution >= 0.6 is 0 Å². The second kappa shape index (κ2) is 7.81. The summed E-state index contributed by atoms with van der Waals surface area (Å²) in [7, 11) is 0. The van der Waals surface area contributed by atoms with E-state index in [-0.39, 0.29) is 0 Å². The Balaban J connectivity index is 1.68. The molecule has 0 bridgehead atoms. The number of hydrogen-bond donors (Lipinski definition) is 2. The van der Waals surface area contributed by atoms with Crippen molar-refractivity contribution in [3.8, 4) is 0 Å². The fraction of sp³-hybridized carbons (Fsp3) is 0.667. The highest BCUT2D eigenvalue weighted by Gasteiger charge is 2.19. The summed E-state index contributed by atoms with van der Waals surface area (Å²) >= 11 is 0. The Hall–Kier alpha value is -1.06. The summed E-state index contributed by atoms with van der Waals surface area (Å²) in [5.41, 5.74) is 3.54. The van der Waals surface area contributed by atoms with Crippen molar-refractivity contribution in [2.75, 3.05) is 18.5 Å². The molecule has 1 unspecified atom stereocenters. The molecule has 0 radical (unpaired) electrons.